The van der Waals surface area contributed by atoms with Crippen molar-refractivity contribution in [2.24, 2.45) is 0 Å². The molecular formula is C29H26ClN3O4. The molecule has 1 aromatic heterocycles. The Bertz CT molecular complexity index is 1420. The lowest BCUT2D eigenvalue weighted by molar-refractivity contribution is -0.145. The number of benzene rings is 3. The van der Waals surface area contributed by atoms with Crippen LogP contribution in [0.3, 0.4) is 0 Å². The van der Waals surface area contributed by atoms with Gasteiger partial charge in [0.2, 0.25) is 0 Å². The molecule has 1 aliphatic heterocycles. The molecule has 7 nitrogen and oxygen atoms in total. The minimum atomic E-state index is -0.551. The number of carbonyl (C=O) groups is 1. The molecule has 0 bridgehead atoms. The second kappa shape index (κ2) is 11.0. The van der Waals surface area contributed by atoms with E-state index in [2.05, 4.69) is 10.3 Å². The Morgan fingerprint density at radius 3 is 2.22 bits per heavy atom. The summed E-state index contributed by atoms with van der Waals surface area (Å²) in [6.45, 7) is 1.29. The van der Waals surface area contributed by atoms with Gasteiger partial charge in [-0.05, 0) is 11.1 Å². The van der Waals surface area contributed by atoms with Gasteiger partial charge in [0.25, 0.3) is 5.56 Å². The highest BCUT2D eigenvalue weighted by Gasteiger charge is 2.40. The summed E-state index contributed by atoms with van der Waals surface area (Å²) in [6, 6.07) is 28.5. The number of anilines is 1. The Labute approximate surface area is 219 Å². The van der Waals surface area contributed by atoms with Crippen LogP contribution in [0, 0.1) is 0 Å². The molecule has 188 valence electrons. The summed E-state index contributed by atoms with van der Waals surface area (Å²) in [5, 5.41) is 3.30. The van der Waals surface area contributed by atoms with Gasteiger partial charge >= 0.3 is 5.97 Å². The highest BCUT2D eigenvalue weighted by Crippen LogP contribution is 2.33. The van der Waals surface area contributed by atoms with E-state index < -0.39 is 11.5 Å². The van der Waals surface area contributed by atoms with Gasteiger partial charge in [0.15, 0.2) is 11.0 Å². The van der Waals surface area contributed by atoms with E-state index in [1.807, 2.05) is 91.0 Å². The first-order valence-corrected chi connectivity index (χ1v) is 12.4. The molecule has 0 aliphatic carbocycles. The molecule has 3 aromatic carbocycles. The topological polar surface area (TPSA) is 82.5 Å². The van der Waals surface area contributed by atoms with Gasteiger partial charge < -0.3 is 14.8 Å². The SMILES string of the molecule is O=C(Cn1c(-c2ccccc2)c(Cl)nc(NCC2(c3ccccc3)COC2)c1=O)OCc1ccccc1. The van der Waals surface area contributed by atoms with Gasteiger partial charge in [0.05, 0.1) is 24.3 Å². The summed E-state index contributed by atoms with van der Waals surface area (Å²) in [5.74, 6) is -0.479. The molecule has 1 aliphatic rings. The Balaban J connectivity index is 1.43. The molecular weight excluding hydrogens is 490 g/mol. The summed E-state index contributed by atoms with van der Waals surface area (Å²) in [6.07, 6.45) is 0. The van der Waals surface area contributed by atoms with E-state index in [1.165, 1.54) is 4.57 Å². The van der Waals surface area contributed by atoms with Crippen molar-refractivity contribution in [3.8, 4) is 11.3 Å². The van der Waals surface area contributed by atoms with Gasteiger partial charge in [-0.15, -0.1) is 0 Å². The fourth-order valence-corrected chi connectivity index (χ4v) is 4.65. The molecule has 1 fully saturated rings. The first-order chi connectivity index (χ1) is 18.1. The molecule has 0 spiro atoms. The maximum atomic E-state index is 13.6. The molecule has 0 amide bonds. The third-order valence-corrected chi connectivity index (χ3v) is 6.70. The summed E-state index contributed by atoms with van der Waals surface area (Å²) in [7, 11) is 0. The van der Waals surface area contributed by atoms with Gasteiger partial charge in [0.1, 0.15) is 13.2 Å². The number of halogens is 1. The number of esters is 1. The van der Waals surface area contributed by atoms with Crippen molar-refractivity contribution in [1.82, 2.24) is 9.55 Å². The lowest BCUT2D eigenvalue weighted by Gasteiger charge is -2.42. The van der Waals surface area contributed by atoms with Gasteiger partial charge in [-0.25, -0.2) is 4.98 Å². The lowest BCUT2D eigenvalue weighted by Crippen LogP contribution is -2.52. The molecule has 0 saturated carbocycles. The zero-order valence-electron chi connectivity index (χ0n) is 20.1. The fraction of sp³-hybridized carbons (Fsp3) is 0.207. The minimum Gasteiger partial charge on any atom is -0.459 e. The van der Waals surface area contributed by atoms with Gasteiger partial charge in [0, 0.05) is 12.1 Å². The van der Waals surface area contributed by atoms with E-state index in [9.17, 15) is 9.59 Å². The van der Waals surface area contributed by atoms with Crippen LogP contribution in [-0.2, 0) is 32.8 Å². The zero-order chi connectivity index (χ0) is 25.7. The molecule has 1 saturated heterocycles. The number of carbonyl (C=O) groups excluding carboxylic acids is 1. The van der Waals surface area contributed by atoms with Crippen molar-refractivity contribution in [3.05, 3.63) is 118 Å². The first-order valence-electron chi connectivity index (χ1n) is 12.0. The number of ether oxygens (including phenoxy) is 2. The van der Waals surface area contributed by atoms with Crippen molar-refractivity contribution in [2.45, 2.75) is 18.6 Å². The monoisotopic (exact) mass is 515 g/mol. The van der Waals surface area contributed by atoms with Crippen molar-refractivity contribution in [3.63, 3.8) is 0 Å². The Hall–Kier alpha value is -3.94. The zero-order valence-corrected chi connectivity index (χ0v) is 20.9. The van der Waals surface area contributed by atoms with Crippen molar-refractivity contribution in [2.75, 3.05) is 25.1 Å². The first kappa shape index (κ1) is 24.7. The quantitative estimate of drug-likeness (QED) is 0.326. The second-order valence-corrected chi connectivity index (χ2v) is 9.35. The van der Waals surface area contributed by atoms with Crippen LogP contribution < -0.4 is 10.9 Å². The summed E-state index contributed by atoms with van der Waals surface area (Å²) >= 11 is 6.62. The van der Waals surface area contributed by atoms with Crippen LogP contribution >= 0.6 is 11.6 Å². The number of rotatable bonds is 9. The molecule has 0 atom stereocenters. The molecule has 2 heterocycles. The predicted molar refractivity (Wildman–Crippen MR) is 143 cm³/mol. The molecule has 1 N–H and O–H groups in total. The maximum absolute atomic E-state index is 13.6. The predicted octanol–water partition coefficient (Wildman–Crippen LogP) is 4.69. The smallest absolute Gasteiger partial charge is 0.326 e. The average Bonchev–Trinajstić information content (AvgIpc) is 2.91. The second-order valence-electron chi connectivity index (χ2n) is 9.00. The van der Waals surface area contributed by atoms with Gasteiger partial charge in [-0.1, -0.05) is 103 Å². The van der Waals surface area contributed by atoms with Crippen LogP contribution in [0.25, 0.3) is 11.3 Å². The number of hydrogen-bond acceptors (Lipinski definition) is 6. The summed E-state index contributed by atoms with van der Waals surface area (Å²) in [4.78, 5) is 30.8. The average molecular weight is 516 g/mol. The number of nitrogens with zero attached hydrogens (tertiary/aromatic N) is 2. The summed E-state index contributed by atoms with van der Waals surface area (Å²) < 4.78 is 12.3. The molecule has 0 radical (unpaired) electrons. The minimum absolute atomic E-state index is 0.0720. The number of aromatic nitrogens is 2. The van der Waals surface area contributed by atoms with E-state index >= 15 is 0 Å². The van der Waals surface area contributed by atoms with E-state index in [0.29, 0.717) is 31.0 Å². The van der Waals surface area contributed by atoms with Crippen LogP contribution in [0.5, 0.6) is 0 Å². The van der Waals surface area contributed by atoms with Crippen LogP contribution in [0.15, 0.2) is 95.8 Å². The van der Waals surface area contributed by atoms with Crippen LogP contribution in [0.4, 0.5) is 5.82 Å². The number of nitrogens with one attached hydrogen (secondary N) is 1. The van der Waals surface area contributed by atoms with E-state index in [-0.39, 0.29) is 29.5 Å². The van der Waals surface area contributed by atoms with Crippen LogP contribution in [-0.4, -0.2) is 35.3 Å². The molecule has 37 heavy (non-hydrogen) atoms. The van der Waals surface area contributed by atoms with E-state index in [1.54, 1.807) is 0 Å². The highest BCUT2D eigenvalue weighted by molar-refractivity contribution is 6.32. The largest absolute Gasteiger partial charge is 0.459 e. The number of hydrogen-bond donors (Lipinski definition) is 1. The van der Waals surface area contributed by atoms with Crippen LogP contribution in [0.2, 0.25) is 5.15 Å². The van der Waals surface area contributed by atoms with Gasteiger partial charge in [-0.3, -0.25) is 14.2 Å². The third-order valence-electron chi connectivity index (χ3n) is 6.44. The molecule has 8 heteroatoms. The highest BCUT2D eigenvalue weighted by atomic mass is 35.5. The van der Waals surface area contributed by atoms with Crippen molar-refractivity contribution in [1.29, 1.82) is 0 Å². The third kappa shape index (κ3) is 5.43. The molecule has 4 aromatic rings. The Kier molecular flexibility index (Phi) is 7.35. The van der Waals surface area contributed by atoms with Crippen LogP contribution in [0.1, 0.15) is 11.1 Å². The normalized spacial score (nSPS) is 14.0. The fourth-order valence-electron chi connectivity index (χ4n) is 4.35. The maximum Gasteiger partial charge on any atom is 0.326 e. The Morgan fingerprint density at radius 1 is 0.973 bits per heavy atom. The van der Waals surface area contributed by atoms with E-state index in [4.69, 9.17) is 21.1 Å². The van der Waals surface area contributed by atoms with Crippen molar-refractivity contribution >= 4 is 23.4 Å². The lowest BCUT2D eigenvalue weighted by atomic mass is 9.78. The summed E-state index contributed by atoms with van der Waals surface area (Å²) in [5.41, 5.74) is 2.27. The standard InChI is InChI=1S/C29H26ClN3O4/c30-26-25(22-12-6-2-7-13-22)33(16-24(34)37-17-21-10-4-1-5-11-21)28(35)27(32-26)31-18-29(19-36-20-29)23-14-8-3-9-15-23/h1-15H,16-20H2,(H,31,32). The van der Waals surface area contributed by atoms with Gasteiger partial charge in [-0.2, -0.15) is 0 Å². The van der Waals surface area contributed by atoms with Crippen molar-refractivity contribution < 1.29 is 14.3 Å². The molecule has 5 rings (SSSR count). The van der Waals surface area contributed by atoms with E-state index in [0.717, 1.165) is 11.1 Å². The molecule has 0 unspecified atom stereocenters. The Morgan fingerprint density at radius 2 is 1.59 bits per heavy atom.